The summed E-state index contributed by atoms with van der Waals surface area (Å²) in [6, 6.07) is 25.2. The molecular formula is C40H38N2O8S2. The Labute approximate surface area is 302 Å². The van der Waals surface area contributed by atoms with Gasteiger partial charge in [-0.3, -0.25) is 18.2 Å². The number of rotatable bonds is 3. The Kier molecular flexibility index (Phi) is 7.92. The molecule has 12 heteroatoms. The van der Waals surface area contributed by atoms with Gasteiger partial charge in [0.15, 0.2) is 17.3 Å². The first kappa shape index (κ1) is 34.2. The van der Waals surface area contributed by atoms with Crippen LogP contribution in [0.15, 0.2) is 112 Å². The van der Waals surface area contributed by atoms with Crippen LogP contribution in [-0.4, -0.2) is 61.3 Å². The number of hydrogen-bond donors (Lipinski definition) is 2. The van der Waals surface area contributed by atoms with Gasteiger partial charge >= 0.3 is 0 Å². The van der Waals surface area contributed by atoms with Crippen molar-refractivity contribution in [2.24, 2.45) is 23.2 Å². The Morgan fingerprint density at radius 2 is 1.19 bits per heavy atom. The summed E-state index contributed by atoms with van der Waals surface area (Å²) in [6.07, 6.45) is 6.12. The second-order valence-corrected chi connectivity index (χ2v) is 18.6. The first-order valence-electron chi connectivity index (χ1n) is 17.3. The second kappa shape index (κ2) is 12.1. The standard InChI is InChI=1S/C20H23NO4S.C20H15NO4S/c1-21-17(18(22)15-4-2-3-5-16(15)26(21,24)25)19(23)20-9-12-6-13(10-20)8-14(7-12)11-20;1-21-18(20(23)16-8-4-5-9-17(16)26(21,24)25)19(22)15-11-10-13-6-2-3-7-14(13)12-15/h2-5,12-14,22H,6-11H2,1H3;2-12,22H,1H3. The van der Waals surface area contributed by atoms with E-state index in [4.69, 9.17) is 0 Å². The van der Waals surface area contributed by atoms with Crippen molar-refractivity contribution in [3.8, 4) is 0 Å². The largest absolute Gasteiger partial charge is 0.505 e. The maximum Gasteiger partial charge on any atom is 0.265 e. The van der Waals surface area contributed by atoms with E-state index in [0.717, 1.165) is 38.6 Å². The Morgan fingerprint density at radius 3 is 1.81 bits per heavy atom. The number of fused-ring (bicyclic) bond motifs is 3. The van der Waals surface area contributed by atoms with Gasteiger partial charge in [0, 0.05) is 36.2 Å². The van der Waals surface area contributed by atoms with Gasteiger partial charge in [-0.1, -0.05) is 60.7 Å². The lowest BCUT2D eigenvalue weighted by Crippen LogP contribution is -2.52. The maximum absolute atomic E-state index is 13.6. The van der Waals surface area contributed by atoms with Crippen LogP contribution in [-0.2, 0) is 24.8 Å². The van der Waals surface area contributed by atoms with Crippen molar-refractivity contribution in [3.63, 3.8) is 0 Å². The molecule has 6 aliphatic rings. The zero-order valence-electron chi connectivity index (χ0n) is 28.7. The molecule has 0 amide bonds. The predicted octanol–water partition coefficient (Wildman–Crippen LogP) is 6.92. The van der Waals surface area contributed by atoms with Crippen LogP contribution in [0.2, 0.25) is 0 Å². The van der Waals surface area contributed by atoms with E-state index in [1.807, 2.05) is 30.3 Å². The molecule has 4 fully saturated rings. The minimum atomic E-state index is -3.90. The first-order valence-corrected chi connectivity index (χ1v) is 20.2. The number of benzene rings is 4. The fraction of sp³-hybridized carbons (Fsp3) is 0.300. The number of ketones is 2. The van der Waals surface area contributed by atoms with E-state index in [-0.39, 0.29) is 49.6 Å². The zero-order valence-corrected chi connectivity index (χ0v) is 30.3. The van der Waals surface area contributed by atoms with Gasteiger partial charge in [0.25, 0.3) is 20.0 Å². The fourth-order valence-corrected chi connectivity index (χ4v) is 12.3. The zero-order chi connectivity index (χ0) is 36.7. The van der Waals surface area contributed by atoms with Gasteiger partial charge in [-0.15, -0.1) is 0 Å². The van der Waals surface area contributed by atoms with Gasteiger partial charge in [0.1, 0.15) is 11.4 Å². The third-order valence-corrected chi connectivity index (χ3v) is 15.2. The fourth-order valence-electron chi connectivity index (χ4n) is 9.47. The highest BCUT2D eigenvalue weighted by atomic mass is 32.2. The van der Waals surface area contributed by atoms with Crippen LogP contribution in [0, 0.1) is 23.2 Å². The topological polar surface area (TPSA) is 149 Å². The number of aliphatic hydroxyl groups is 2. The summed E-state index contributed by atoms with van der Waals surface area (Å²) in [6.45, 7) is 0. The normalized spacial score (nSPS) is 27.4. The van der Waals surface area contributed by atoms with Gasteiger partial charge in [-0.05, 0) is 97.4 Å². The van der Waals surface area contributed by atoms with Gasteiger partial charge < -0.3 is 10.2 Å². The number of carbonyl (C=O) groups excluding carboxylic acids is 2. The molecule has 4 bridgehead atoms. The summed E-state index contributed by atoms with van der Waals surface area (Å²) in [5.41, 5.74) is -0.0987. The lowest BCUT2D eigenvalue weighted by atomic mass is 9.48. The van der Waals surface area contributed by atoms with E-state index >= 15 is 0 Å². The highest BCUT2D eigenvalue weighted by Gasteiger charge is 2.57. The van der Waals surface area contributed by atoms with Crippen molar-refractivity contribution in [2.75, 3.05) is 14.1 Å². The Bertz CT molecular complexity index is 2450. The molecule has 2 heterocycles. The van der Waals surface area contributed by atoms with Crippen molar-refractivity contribution in [3.05, 3.63) is 119 Å². The number of aliphatic hydroxyl groups excluding tert-OH is 2. The lowest BCUT2D eigenvalue weighted by Gasteiger charge is -2.56. The summed E-state index contributed by atoms with van der Waals surface area (Å²) in [4.78, 5) is 26.5. The van der Waals surface area contributed by atoms with Crippen LogP contribution >= 0.6 is 0 Å². The van der Waals surface area contributed by atoms with E-state index in [0.29, 0.717) is 23.3 Å². The number of sulfonamides is 2. The van der Waals surface area contributed by atoms with E-state index < -0.39 is 31.2 Å². The van der Waals surface area contributed by atoms with Crippen LogP contribution in [0.4, 0.5) is 0 Å². The Hall–Kier alpha value is -4.94. The van der Waals surface area contributed by atoms with Crippen LogP contribution in [0.25, 0.3) is 22.3 Å². The molecule has 0 unspecified atom stereocenters. The average molecular weight is 739 g/mol. The van der Waals surface area contributed by atoms with Gasteiger partial charge in [-0.25, -0.2) is 16.8 Å². The second-order valence-electron chi connectivity index (χ2n) is 14.7. The quantitative estimate of drug-likeness (QED) is 0.170. The van der Waals surface area contributed by atoms with Crippen LogP contribution in [0.5, 0.6) is 0 Å². The summed E-state index contributed by atoms with van der Waals surface area (Å²) in [5, 5.41) is 23.5. The van der Waals surface area contributed by atoms with E-state index in [1.54, 1.807) is 42.5 Å². The molecular weight excluding hydrogens is 701 g/mol. The highest BCUT2D eigenvalue weighted by Crippen LogP contribution is 2.61. The molecule has 0 radical (unpaired) electrons. The van der Waals surface area contributed by atoms with E-state index in [9.17, 15) is 36.6 Å². The number of hydrogen-bond acceptors (Lipinski definition) is 8. The van der Waals surface area contributed by atoms with Crippen LogP contribution in [0.1, 0.15) is 60.0 Å². The summed E-state index contributed by atoms with van der Waals surface area (Å²) < 4.78 is 53.2. The smallest absolute Gasteiger partial charge is 0.265 e. The summed E-state index contributed by atoms with van der Waals surface area (Å²) in [5.74, 6) is 0.473. The minimum Gasteiger partial charge on any atom is -0.505 e. The van der Waals surface area contributed by atoms with Gasteiger partial charge in [0.2, 0.25) is 5.78 Å². The molecule has 4 aliphatic carbocycles. The molecule has 0 spiro atoms. The molecule has 0 atom stereocenters. The lowest BCUT2D eigenvalue weighted by molar-refractivity contribution is -0.140. The summed E-state index contributed by atoms with van der Waals surface area (Å²) in [7, 11) is -5.07. The molecule has 10 nitrogen and oxygen atoms in total. The van der Waals surface area contributed by atoms with Crippen LogP contribution in [0.3, 0.4) is 0 Å². The number of nitrogens with zero attached hydrogens (tertiary/aromatic N) is 2. The SMILES string of the molecule is CN1C(=C(O)c2ccc3ccccc3c2)C(=O)c2ccccc2S1(=O)=O.CN1C(C(=O)C23CC4CC(CC(C4)C2)C3)=C(O)c2ccccc2S1(=O)=O. The number of likely N-dealkylation sites (N-methyl/N-ethyl adjacent to an activating group) is 2. The van der Waals surface area contributed by atoms with Crippen molar-refractivity contribution in [1.82, 2.24) is 8.61 Å². The average Bonchev–Trinajstić information content (AvgIpc) is 3.13. The van der Waals surface area contributed by atoms with Gasteiger partial charge in [-0.2, -0.15) is 0 Å². The predicted molar refractivity (Wildman–Crippen MR) is 196 cm³/mol. The molecule has 0 aromatic heterocycles. The minimum absolute atomic E-state index is 0.0364. The maximum atomic E-state index is 13.6. The van der Waals surface area contributed by atoms with Crippen LogP contribution < -0.4 is 0 Å². The van der Waals surface area contributed by atoms with Gasteiger partial charge in [0.05, 0.1) is 9.79 Å². The number of carbonyl (C=O) groups is 2. The highest BCUT2D eigenvalue weighted by molar-refractivity contribution is 7.89. The van der Waals surface area contributed by atoms with Crippen molar-refractivity contribution < 1.29 is 36.6 Å². The van der Waals surface area contributed by atoms with Crippen molar-refractivity contribution in [1.29, 1.82) is 0 Å². The Balaban J connectivity index is 0.000000149. The molecule has 4 aromatic rings. The molecule has 2 aliphatic heterocycles. The molecule has 52 heavy (non-hydrogen) atoms. The third-order valence-electron chi connectivity index (χ3n) is 11.6. The molecule has 4 aromatic carbocycles. The van der Waals surface area contributed by atoms with Crippen molar-refractivity contribution in [2.45, 2.75) is 48.3 Å². The molecule has 4 saturated carbocycles. The monoisotopic (exact) mass is 738 g/mol. The summed E-state index contributed by atoms with van der Waals surface area (Å²) >= 11 is 0. The molecule has 2 N–H and O–H groups in total. The molecule has 268 valence electrons. The van der Waals surface area contributed by atoms with E-state index in [1.165, 1.54) is 51.6 Å². The Morgan fingerprint density at radius 1 is 0.692 bits per heavy atom. The molecule has 0 saturated heterocycles. The van der Waals surface area contributed by atoms with E-state index in [2.05, 4.69) is 0 Å². The first-order chi connectivity index (χ1) is 24.7. The third kappa shape index (κ3) is 5.17. The number of allylic oxidation sites excluding steroid dienone is 2. The number of Topliss-reactive ketones (excluding diaryl/α,β-unsaturated/α-hetero) is 2. The molecule has 10 rings (SSSR count). The van der Waals surface area contributed by atoms with Crippen molar-refractivity contribution >= 4 is 53.9 Å².